The zero-order valence-electron chi connectivity index (χ0n) is 16.8. The first-order valence-corrected chi connectivity index (χ1v) is 9.12. The van der Waals surface area contributed by atoms with Crippen LogP contribution in [0.1, 0.15) is 11.5 Å². The van der Waals surface area contributed by atoms with Crippen LogP contribution in [0.4, 0.5) is 0 Å². The van der Waals surface area contributed by atoms with E-state index >= 15 is 0 Å². The minimum atomic E-state index is -0.338. The van der Waals surface area contributed by atoms with Crippen molar-refractivity contribution in [3.63, 3.8) is 0 Å². The van der Waals surface area contributed by atoms with Gasteiger partial charge in [-0.1, -0.05) is 30.3 Å². The second kappa shape index (κ2) is 9.75. The molecule has 0 saturated heterocycles. The van der Waals surface area contributed by atoms with Gasteiger partial charge in [-0.15, -0.1) is 0 Å². The number of aromatic nitrogens is 1. The summed E-state index contributed by atoms with van der Waals surface area (Å²) in [6.07, 6.45) is 1.69. The number of hydrogen-bond acceptors (Lipinski definition) is 7. The number of carbonyl (C=O) groups excluding carboxylic acids is 1. The molecule has 0 aliphatic heterocycles. The van der Waals surface area contributed by atoms with Crippen molar-refractivity contribution in [2.45, 2.75) is 13.1 Å². The van der Waals surface area contributed by atoms with E-state index in [2.05, 4.69) is 4.98 Å². The molecular weight excluding hydrogens is 372 g/mol. The molecule has 0 atom stereocenters. The highest BCUT2D eigenvalue weighted by molar-refractivity contribution is 5.71. The third-order valence-corrected chi connectivity index (χ3v) is 4.37. The number of nitrogens with zero attached hydrogens (tertiary/aromatic N) is 2. The van der Waals surface area contributed by atoms with Crippen molar-refractivity contribution in [2.75, 3.05) is 27.9 Å². The molecule has 7 heteroatoms. The monoisotopic (exact) mass is 396 g/mol. The molecule has 3 aromatic rings. The lowest BCUT2D eigenvalue weighted by molar-refractivity contribution is -0.142. The Balaban J connectivity index is 1.79. The van der Waals surface area contributed by atoms with Gasteiger partial charge in [0.25, 0.3) is 0 Å². The van der Waals surface area contributed by atoms with Gasteiger partial charge in [-0.25, -0.2) is 4.98 Å². The average Bonchev–Trinajstić information content (AvgIpc) is 3.22. The first-order chi connectivity index (χ1) is 14.1. The van der Waals surface area contributed by atoms with Crippen molar-refractivity contribution in [3.8, 4) is 22.8 Å². The largest absolute Gasteiger partial charge is 0.497 e. The summed E-state index contributed by atoms with van der Waals surface area (Å²) in [6, 6.07) is 15.3. The Hall–Kier alpha value is -3.32. The van der Waals surface area contributed by atoms with Gasteiger partial charge in [0.15, 0.2) is 5.76 Å². The van der Waals surface area contributed by atoms with E-state index in [9.17, 15) is 4.79 Å². The average molecular weight is 396 g/mol. The lowest BCUT2D eigenvalue weighted by Crippen LogP contribution is -2.30. The van der Waals surface area contributed by atoms with Crippen molar-refractivity contribution >= 4 is 5.97 Å². The van der Waals surface area contributed by atoms with Gasteiger partial charge in [0.1, 0.15) is 11.5 Å². The van der Waals surface area contributed by atoms with Crippen LogP contribution in [0.25, 0.3) is 11.3 Å². The zero-order valence-corrected chi connectivity index (χ0v) is 16.8. The van der Waals surface area contributed by atoms with Crippen LogP contribution in [0, 0.1) is 0 Å². The van der Waals surface area contributed by atoms with E-state index in [1.807, 2.05) is 47.4 Å². The number of rotatable bonds is 9. The second-order valence-electron chi connectivity index (χ2n) is 6.43. The highest BCUT2D eigenvalue weighted by Gasteiger charge is 2.17. The van der Waals surface area contributed by atoms with Crippen LogP contribution in [0.5, 0.6) is 11.5 Å². The highest BCUT2D eigenvalue weighted by atomic mass is 16.5. The van der Waals surface area contributed by atoms with E-state index in [1.165, 1.54) is 7.11 Å². The summed E-state index contributed by atoms with van der Waals surface area (Å²) >= 11 is 0. The number of hydrogen-bond donors (Lipinski definition) is 0. The first-order valence-electron chi connectivity index (χ1n) is 9.12. The molecule has 3 rings (SSSR count). The zero-order chi connectivity index (χ0) is 20.6. The second-order valence-corrected chi connectivity index (χ2v) is 6.43. The topological polar surface area (TPSA) is 74.0 Å². The number of oxazole rings is 1. The number of esters is 1. The molecule has 0 radical (unpaired) electrons. The van der Waals surface area contributed by atoms with Crippen LogP contribution in [-0.4, -0.2) is 43.7 Å². The number of benzene rings is 2. The summed E-state index contributed by atoms with van der Waals surface area (Å²) < 4.78 is 21.4. The van der Waals surface area contributed by atoms with Crippen molar-refractivity contribution in [2.24, 2.45) is 0 Å². The standard InChI is InChI=1S/C22H24N2O5/c1-26-18-9-16(10-19(11-18)27-2)13-24(15-22(25)28-3)14-21-23-12-20(29-21)17-7-5-4-6-8-17/h4-12H,13-15H2,1-3H3. The van der Waals surface area contributed by atoms with Crippen LogP contribution in [0.3, 0.4) is 0 Å². The summed E-state index contributed by atoms with van der Waals surface area (Å²) in [7, 11) is 4.57. The molecule has 2 aromatic carbocycles. The number of carbonyl (C=O) groups is 1. The van der Waals surface area contributed by atoms with Crippen LogP contribution < -0.4 is 9.47 Å². The third-order valence-electron chi connectivity index (χ3n) is 4.37. The van der Waals surface area contributed by atoms with E-state index in [-0.39, 0.29) is 12.5 Å². The van der Waals surface area contributed by atoms with E-state index in [1.54, 1.807) is 26.5 Å². The molecule has 1 heterocycles. The molecule has 0 amide bonds. The molecule has 1 aromatic heterocycles. The third kappa shape index (κ3) is 5.58. The molecule has 0 bridgehead atoms. The minimum absolute atomic E-state index is 0.0963. The Kier molecular flexibility index (Phi) is 6.86. The molecule has 7 nitrogen and oxygen atoms in total. The van der Waals surface area contributed by atoms with E-state index in [0.29, 0.717) is 36.2 Å². The van der Waals surface area contributed by atoms with E-state index in [4.69, 9.17) is 18.6 Å². The van der Waals surface area contributed by atoms with Crippen molar-refractivity contribution in [3.05, 3.63) is 66.2 Å². The van der Waals surface area contributed by atoms with Crippen LogP contribution in [-0.2, 0) is 22.6 Å². The molecule has 152 valence electrons. The Bertz CT molecular complexity index is 917. The highest BCUT2D eigenvalue weighted by Crippen LogP contribution is 2.25. The number of ether oxygens (including phenoxy) is 3. The Morgan fingerprint density at radius 3 is 2.31 bits per heavy atom. The maximum absolute atomic E-state index is 11.9. The lowest BCUT2D eigenvalue weighted by Gasteiger charge is -2.20. The van der Waals surface area contributed by atoms with Gasteiger partial charge in [-0.2, -0.15) is 0 Å². The summed E-state index contributed by atoms with van der Waals surface area (Å²) in [6.45, 7) is 0.909. The predicted molar refractivity (Wildman–Crippen MR) is 108 cm³/mol. The fourth-order valence-corrected chi connectivity index (χ4v) is 2.94. The SMILES string of the molecule is COC(=O)CN(Cc1cc(OC)cc(OC)c1)Cc1ncc(-c2ccccc2)o1. The Labute approximate surface area is 169 Å². The minimum Gasteiger partial charge on any atom is -0.497 e. The van der Waals surface area contributed by atoms with E-state index in [0.717, 1.165) is 11.1 Å². The molecule has 29 heavy (non-hydrogen) atoms. The quantitative estimate of drug-likeness (QED) is 0.512. The van der Waals surface area contributed by atoms with E-state index < -0.39 is 0 Å². The van der Waals surface area contributed by atoms with Gasteiger partial charge in [0, 0.05) is 18.2 Å². The van der Waals surface area contributed by atoms with Crippen molar-refractivity contribution in [1.82, 2.24) is 9.88 Å². The Morgan fingerprint density at radius 1 is 1.00 bits per heavy atom. The first kappa shape index (κ1) is 20.4. The normalized spacial score (nSPS) is 10.8. The van der Waals surface area contributed by atoms with Gasteiger partial charge in [-0.3, -0.25) is 9.69 Å². The lowest BCUT2D eigenvalue weighted by atomic mass is 10.2. The molecular formula is C22H24N2O5. The van der Waals surface area contributed by atoms with Crippen LogP contribution >= 0.6 is 0 Å². The van der Waals surface area contributed by atoms with Gasteiger partial charge < -0.3 is 18.6 Å². The molecule has 0 aliphatic rings. The van der Waals surface area contributed by atoms with Gasteiger partial charge in [0.05, 0.1) is 40.6 Å². The summed E-state index contributed by atoms with van der Waals surface area (Å²) in [4.78, 5) is 18.2. The van der Waals surface area contributed by atoms with Gasteiger partial charge in [0.2, 0.25) is 5.89 Å². The number of methoxy groups -OCH3 is 3. The molecule has 0 aliphatic carbocycles. The summed E-state index contributed by atoms with van der Waals surface area (Å²) in [5, 5.41) is 0. The molecule has 0 spiro atoms. The maximum atomic E-state index is 11.9. The molecule has 0 unspecified atom stereocenters. The smallest absolute Gasteiger partial charge is 0.319 e. The Morgan fingerprint density at radius 2 is 1.69 bits per heavy atom. The predicted octanol–water partition coefficient (Wildman–Crippen LogP) is 3.53. The maximum Gasteiger partial charge on any atom is 0.319 e. The van der Waals surface area contributed by atoms with Gasteiger partial charge >= 0.3 is 5.97 Å². The molecule has 0 fully saturated rings. The molecule has 0 saturated carbocycles. The summed E-state index contributed by atoms with van der Waals surface area (Å²) in [5.41, 5.74) is 1.88. The van der Waals surface area contributed by atoms with Crippen LogP contribution in [0.15, 0.2) is 59.1 Å². The molecule has 0 N–H and O–H groups in total. The van der Waals surface area contributed by atoms with Crippen molar-refractivity contribution in [1.29, 1.82) is 0 Å². The van der Waals surface area contributed by atoms with Crippen LogP contribution in [0.2, 0.25) is 0 Å². The fourth-order valence-electron chi connectivity index (χ4n) is 2.94. The van der Waals surface area contributed by atoms with Gasteiger partial charge in [-0.05, 0) is 17.7 Å². The van der Waals surface area contributed by atoms with Crippen molar-refractivity contribution < 1.29 is 23.4 Å². The summed E-state index contributed by atoms with van der Waals surface area (Å²) in [5.74, 6) is 2.22. The fraction of sp³-hybridized carbons (Fsp3) is 0.273.